The number of sulfonamides is 1. The number of carboxylic acid groups (broad SMARTS) is 1. The van der Waals surface area contributed by atoms with Crippen LogP contribution in [0, 0.1) is 0 Å². The Balaban J connectivity index is 2.12. The number of carbonyl (C=O) groups is 2. The highest BCUT2D eigenvalue weighted by atomic mass is 32.2. The summed E-state index contributed by atoms with van der Waals surface area (Å²) in [5.74, 6) is -1.97. The number of methoxy groups -OCH3 is 1. The summed E-state index contributed by atoms with van der Waals surface area (Å²) >= 11 is 1.02. The van der Waals surface area contributed by atoms with Crippen molar-refractivity contribution in [3.05, 3.63) is 46.8 Å². The minimum atomic E-state index is -3.62. The smallest absolute Gasteiger partial charge is 0.394 e. The highest BCUT2D eigenvalue weighted by Gasteiger charge is 2.23. The van der Waals surface area contributed by atoms with Crippen molar-refractivity contribution >= 4 is 33.2 Å². The average Bonchev–Trinajstić information content (AvgIpc) is 3.20. The monoisotopic (exact) mass is 454 g/mol. The molecule has 1 heterocycles. The number of rotatable bonds is 11. The summed E-state index contributed by atoms with van der Waals surface area (Å²) < 4.78 is 32.6. The first-order valence-electron chi connectivity index (χ1n) is 9.50. The van der Waals surface area contributed by atoms with Gasteiger partial charge in [-0.3, -0.25) is 4.79 Å². The summed E-state index contributed by atoms with van der Waals surface area (Å²) in [6.45, 7) is 2.47. The van der Waals surface area contributed by atoms with Gasteiger partial charge in [-0.25, -0.2) is 17.9 Å². The Labute approximate surface area is 180 Å². The number of amides is 1. The van der Waals surface area contributed by atoms with Crippen LogP contribution in [0.15, 0.2) is 40.6 Å². The number of hydrogen-bond acceptors (Lipinski definition) is 6. The molecule has 1 amide bonds. The molecule has 0 saturated carbocycles. The number of carbonyl (C=O) groups excluding carboxylic acids is 1. The molecule has 0 saturated heterocycles. The fourth-order valence-corrected chi connectivity index (χ4v) is 5.20. The molecule has 164 valence electrons. The minimum absolute atomic E-state index is 0.00676. The van der Waals surface area contributed by atoms with Crippen LogP contribution in [0.3, 0.4) is 0 Å². The Bertz CT molecular complexity index is 954. The van der Waals surface area contributed by atoms with E-state index in [9.17, 15) is 18.0 Å². The van der Waals surface area contributed by atoms with Gasteiger partial charge in [-0.1, -0.05) is 31.9 Å². The van der Waals surface area contributed by atoms with Crippen LogP contribution in [0.5, 0.6) is 5.75 Å². The summed E-state index contributed by atoms with van der Waals surface area (Å²) in [7, 11) is -2.09. The molecule has 0 aliphatic rings. The second-order valence-corrected chi connectivity index (χ2v) is 9.80. The Kier molecular flexibility index (Phi) is 8.82. The Morgan fingerprint density at radius 1 is 1.10 bits per heavy atom. The molecular weight excluding hydrogens is 428 g/mol. The van der Waals surface area contributed by atoms with Crippen LogP contribution in [-0.4, -0.2) is 44.0 Å². The van der Waals surface area contributed by atoms with Gasteiger partial charge in [0.2, 0.25) is 10.0 Å². The molecule has 0 spiro atoms. The molecule has 2 rings (SSSR count). The second kappa shape index (κ2) is 11.1. The number of ether oxygens (including phenoxy) is 1. The number of benzene rings is 1. The van der Waals surface area contributed by atoms with Gasteiger partial charge in [-0.15, -0.1) is 11.3 Å². The van der Waals surface area contributed by atoms with Gasteiger partial charge in [0, 0.05) is 18.0 Å². The third kappa shape index (κ3) is 6.82. The van der Waals surface area contributed by atoms with Crippen LogP contribution in [0.4, 0.5) is 0 Å². The van der Waals surface area contributed by atoms with Crippen LogP contribution in [-0.2, 0) is 32.7 Å². The van der Waals surface area contributed by atoms with Crippen molar-refractivity contribution in [1.29, 1.82) is 0 Å². The van der Waals surface area contributed by atoms with E-state index in [0.29, 0.717) is 17.2 Å². The van der Waals surface area contributed by atoms with Gasteiger partial charge in [0.25, 0.3) is 0 Å². The maximum Gasteiger partial charge on any atom is 0.394 e. The van der Waals surface area contributed by atoms with E-state index in [1.807, 2.05) is 6.92 Å². The van der Waals surface area contributed by atoms with E-state index in [0.717, 1.165) is 36.2 Å². The highest BCUT2D eigenvalue weighted by molar-refractivity contribution is 7.91. The molecule has 8 nitrogen and oxygen atoms in total. The van der Waals surface area contributed by atoms with Crippen molar-refractivity contribution in [2.24, 2.45) is 0 Å². The average molecular weight is 455 g/mol. The van der Waals surface area contributed by atoms with Crippen LogP contribution in [0.2, 0.25) is 0 Å². The number of hydrogen-bond donors (Lipinski definition) is 2. The molecule has 2 aromatic rings. The number of nitrogens with one attached hydrogen (secondary N) is 1. The lowest BCUT2D eigenvalue weighted by Crippen LogP contribution is -2.35. The zero-order valence-electron chi connectivity index (χ0n) is 17.0. The number of aliphatic carboxylic acids is 1. The molecule has 1 aromatic carbocycles. The molecule has 0 fully saturated rings. The molecule has 0 bridgehead atoms. The van der Waals surface area contributed by atoms with E-state index >= 15 is 0 Å². The predicted octanol–water partition coefficient (Wildman–Crippen LogP) is 2.84. The molecule has 0 atom stereocenters. The molecular formula is C20H26N2O6S2. The highest BCUT2D eigenvalue weighted by Crippen LogP contribution is 2.24. The molecule has 2 N–H and O–H groups in total. The number of carboxylic acids is 1. The van der Waals surface area contributed by atoms with E-state index in [2.05, 4.69) is 4.72 Å². The molecule has 0 unspecified atom stereocenters. The lowest BCUT2D eigenvalue weighted by Gasteiger charge is -2.20. The number of unbranched alkanes of at least 4 members (excludes halogenated alkanes) is 2. The summed E-state index contributed by atoms with van der Waals surface area (Å²) in [6, 6.07) is 9.99. The van der Waals surface area contributed by atoms with Crippen molar-refractivity contribution < 1.29 is 27.9 Å². The normalized spacial score (nSPS) is 11.3. The fraction of sp³-hybridized carbons (Fsp3) is 0.400. The van der Waals surface area contributed by atoms with E-state index < -0.39 is 21.9 Å². The first-order valence-corrected chi connectivity index (χ1v) is 11.8. The van der Waals surface area contributed by atoms with Crippen LogP contribution >= 0.6 is 11.3 Å². The first-order chi connectivity index (χ1) is 14.3. The number of thiophene rings is 1. The largest absolute Gasteiger partial charge is 0.497 e. The van der Waals surface area contributed by atoms with E-state index in [4.69, 9.17) is 9.84 Å². The summed E-state index contributed by atoms with van der Waals surface area (Å²) in [4.78, 5) is 25.1. The van der Waals surface area contributed by atoms with Crippen molar-refractivity contribution in [1.82, 2.24) is 9.62 Å². The Morgan fingerprint density at radius 2 is 1.80 bits per heavy atom. The van der Waals surface area contributed by atoms with Crippen molar-refractivity contribution in [3.8, 4) is 5.75 Å². The van der Waals surface area contributed by atoms with Gasteiger partial charge in [0.1, 0.15) is 9.96 Å². The predicted molar refractivity (Wildman–Crippen MR) is 114 cm³/mol. The molecule has 0 aliphatic heterocycles. The minimum Gasteiger partial charge on any atom is -0.497 e. The van der Waals surface area contributed by atoms with Gasteiger partial charge in [0.15, 0.2) is 0 Å². The van der Waals surface area contributed by atoms with E-state index in [-0.39, 0.29) is 17.3 Å². The van der Waals surface area contributed by atoms with Crippen molar-refractivity contribution in [3.63, 3.8) is 0 Å². The quantitative estimate of drug-likeness (QED) is 0.399. The third-order valence-electron chi connectivity index (χ3n) is 4.32. The zero-order valence-corrected chi connectivity index (χ0v) is 18.6. The van der Waals surface area contributed by atoms with Gasteiger partial charge < -0.3 is 14.7 Å². The van der Waals surface area contributed by atoms with Crippen LogP contribution < -0.4 is 9.46 Å². The summed E-state index contributed by atoms with van der Waals surface area (Å²) in [5, 5.41) is 9.15. The summed E-state index contributed by atoms with van der Waals surface area (Å²) in [5.41, 5.74) is 0.729. The first kappa shape index (κ1) is 23.8. The molecule has 30 heavy (non-hydrogen) atoms. The maximum absolute atomic E-state index is 12.4. The third-order valence-corrected chi connectivity index (χ3v) is 7.35. The van der Waals surface area contributed by atoms with Gasteiger partial charge >= 0.3 is 11.9 Å². The molecule has 0 radical (unpaired) electrons. The fourth-order valence-electron chi connectivity index (χ4n) is 2.71. The van der Waals surface area contributed by atoms with E-state index in [1.54, 1.807) is 30.3 Å². The van der Waals surface area contributed by atoms with Crippen molar-refractivity contribution in [2.75, 3.05) is 13.7 Å². The Morgan fingerprint density at radius 3 is 2.40 bits per heavy atom. The maximum atomic E-state index is 12.4. The van der Waals surface area contributed by atoms with Crippen LogP contribution in [0.25, 0.3) is 0 Å². The SMILES string of the molecule is CCCCCNS(=O)(=O)c1ccc(CN(Cc2ccc(OC)cc2)C(=O)C(=O)O)s1. The van der Waals surface area contributed by atoms with Gasteiger partial charge in [-0.2, -0.15) is 0 Å². The zero-order chi connectivity index (χ0) is 22.1. The summed E-state index contributed by atoms with van der Waals surface area (Å²) in [6.07, 6.45) is 2.69. The van der Waals surface area contributed by atoms with Crippen molar-refractivity contribution in [2.45, 2.75) is 43.5 Å². The standard InChI is InChI=1S/C20H26N2O6S2/c1-3-4-5-12-21-30(26,27)18-11-10-17(29-18)14-22(19(23)20(24)25)13-15-6-8-16(28-2)9-7-15/h6-11,21H,3-5,12-14H2,1-2H3,(H,24,25). The van der Waals surface area contributed by atoms with Gasteiger partial charge in [0.05, 0.1) is 13.7 Å². The van der Waals surface area contributed by atoms with Gasteiger partial charge in [-0.05, 0) is 36.2 Å². The lowest BCUT2D eigenvalue weighted by molar-refractivity contribution is -0.156. The number of nitrogens with zero attached hydrogens (tertiary/aromatic N) is 1. The molecule has 10 heteroatoms. The lowest BCUT2D eigenvalue weighted by atomic mass is 10.2. The topological polar surface area (TPSA) is 113 Å². The van der Waals surface area contributed by atoms with E-state index in [1.165, 1.54) is 18.1 Å². The Hall–Kier alpha value is -2.43. The molecule has 0 aliphatic carbocycles. The van der Waals surface area contributed by atoms with Crippen LogP contribution in [0.1, 0.15) is 36.6 Å². The second-order valence-electron chi connectivity index (χ2n) is 6.64. The molecule has 1 aromatic heterocycles.